The number of aliphatic hydroxyl groups is 1. The second kappa shape index (κ2) is 4.91. The Hall–Kier alpha value is -1.30. The fourth-order valence-corrected chi connectivity index (χ4v) is 2.78. The predicted octanol–water partition coefficient (Wildman–Crippen LogP) is -0.127. The molecule has 3 N–H and O–H groups in total. The molecule has 2 fully saturated rings. The Morgan fingerprint density at radius 1 is 1.29 bits per heavy atom. The van der Waals surface area contributed by atoms with Crippen LogP contribution in [0.1, 0.15) is 19.3 Å². The first-order chi connectivity index (χ1) is 8.08. The molecule has 1 aliphatic heterocycles. The first-order valence-electron chi connectivity index (χ1n) is 6.01. The van der Waals surface area contributed by atoms with Crippen LogP contribution in [0.4, 0.5) is 4.79 Å². The summed E-state index contributed by atoms with van der Waals surface area (Å²) in [4.78, 5) is 23.8. The van der Waals surface area contributed by atoms with E-state index < -0.39 is 12.1 Å². The van der Waals surface area contributed by atoms with Gasteiger partial charge in [-0.05, 0) is 24.7 Å². The number of nitrogens with zero attached hydrogens (tertiary/aromatic N) is 1. The number of carbonyl (C=O) groups excluding carboxylic acids is 1. The van der Waals surface area contributed by atoms with Crippen LogP contribution in [-0.2, 0) is 4.79 Å². The van der Waals surface area contributed by atoms with E-state index in [2.05, 4.69) is 5.32 Å². The normalized spacial score (nSPS) is 28.9. The molecule has 0 bridgehead atoms. The monoisotopic (exact) mass is 242 g/mol. The number of hydrogen-bond donors (Lipinski definition) is 3. The van der Waals surface area contributed by atoms with Gasteiger partial charge in [0, 0.05) is 13.1 Å². The van der Waals surface area contributed by atoms with Crippen LogP contribution in [0.15, 0.2) is 0 Å². The molecule has 2 amide bonds. The van der Waals surface area contributed by atoms with E-state index in [1.54, 1.807) is 4.90 Å². The molecule has 0 spiro atoms. The molecule has 1 saturated carbocycles. The van der Waals surface area contributed by atoms with E-state index in [-0.39, 0.29) is 12.6 Å². The number of hydrogen-bond acceptors (Lipinski definition) is 3. The van der Waals surface area contributed by atoms with Crippen molar-refractivity contribution >= 4 is 12.0 Å². The Morgan fingerprint density at radius 2 is 1.88 bits per heavy atom. The predicted molar refractivity (Wildman–Crippen MR) is 59.4 cm³/mol. The van der Waals surface area contributed by atoms with Crippen molar-refractivity contribution in [3.63, 3.8) is 0 Å². The Bertz CT molecular complexity index is 309. The van der Waals surface area contributed by atoms with Gasteiger partial charge in [-0.1, -0.05) is 6.42 Å². The van der Waals surface area contributed by atoms with Crippen molar-refractivity contribution in [2.45, 2.75) is 25.4 Å². The summed E-state index contributed by atoms with van der Waals surface area (Å²) in [7, 11) is 0. The summed E-state index contributed by atoms with van der Waals surface area (Å²) in [5.41, 5.74) is 0. The standard InChI is InChI=1S/C11H18N2O4/c14-9(10(15)16)4-12-11(17)13-5-7-2-1-3-8(7)6-13/h7-9,14H,1-6H2,(H,12,17)(H,15,16). The second-order valence-corrected chi connectivity index (χ2v) is 4.90. The van der Waals surface area contributed by atoms with Crippen LogP contribution in [0.25, 0.3) is 0 Å². The highest BCUT2D eigenvalue weighted by molar-refractivity contribution is 5.77. The lowest BCUT2D eigenvalue weighted by Gasteiger charge is -2.18. The zero-order valence-electron chi connectivity index (χ0n) is 9.63. The molecule has 1 aliphatic carbocycles. The molecule has 3 unspecified atom stereocenters. The Labute approximate surface area is 99.6 Å². The Morgan fingerprint density at radius 3 is 2.41 bits per heavy atom. The molecule has 96 valence electrons. The quantitative estimate of drug-likeness (QED) is 0.643. The molecule has 6 nitrogen and oxygen atoms in total. The first kappa shape index (κ1) is 12.2. The maximum absolute atomic E-state index is 11.7. The summed E-state index contributed by atoms with van der Waals surface area (Å²) >= 11 is 0. The third kappa shape index (κ3) is 2.69. The fraction of sp³-hybridized carbons (Fsp3) is 0.818. The molecule has 0 aromatic carbocycles. The van der Waals surface area contributed by atoms with Gasteiger partial charge >= 0.3 is 12.0 Å². The largest absolute Gasteiger partial charge is 0.479 e. The number of nitrogens with one attached hydrogen (secondary N) is 1. The van der Waals surface area contributed by atoms with E-state index in [0.29, 0.717) is 11.8 Å². The molecular weight excluding hydrogens is 224 g/mol. The molecule has 0 radical (unpaired) electrons. The summed E-state index contributed by atoms with van der Waals surface area (Å²) in [6, 6.07) is -0.264. The number of carbonyl (C=O) groups is 2. The first-order valence-corrected chi connectivity index (χ1v) is 6.01. The summed E-state index contributed by atoms with van der Waals surface area (Å²) in [5, 5.41) is 20.0. The van der Waals surface area contributed by atoms with Crippen LogP contribution in [0, 0.1) is 11.8 Å². The minimum absolute atomic E-state index is 0.236. The summed E-state index contributed by atoms with van der Waals surface area (Å²) in [6.07, 6.45) is 2.10. The molecule has 0 aromatic rings. The third-order valence-corrected chi connectivity index (χ3v) is 3.75. The number of aliphatic hydroxyl groups excluding tert-OH is 1. The molecule has 2 aliphatic rings. The molecular formula is C11H18N2O4. The SMILES string of the molecule is O=C(O)C(O)CNC(=O)N1CC2CCCC2C1. The molecule has 6 heteroatoms. The summed E-state index contributed by atoms with van der Waals surface area (Å²) < 4.78 is 0. The van der Waals surface area contributed by atoms with Gasteiger partial charge in [-0.3, -0.25) is 0 Å². The van der Waals surface area contributed by atoms with Gasteiger partial charge in [0.15, 0.2) is 6.10 Å². The molecule has 3 atom stereocenters. The van der Waals surface area contributed by atoms with Gasteiger partial charge in [0.1, 0.15) is 0 Å². The highest BCUT2D eigenvalue weighted by Crippen LogP contribution is 2.37. The lowest BCUT2D eigenvalue weighted by atomic mass is 10.0. The number of carboxylic acids is 1. The lowest BCUT2D eigenvalue weighted by Crippen LogP contribution is -2.43. The van der Waals surface area contributed by atoms with Crippen molar-refractivity contribution in [1.82, 2.24) is 10.2 Å². The number of urea groups is 1. The average Bonchev–Trinajstić information content (AvgIpc) is 2.84. The Kier molecular flexibility index (Phi) is 3.51. The van der Waals surface area contributed by atoms with E-state index in [0.717, 1.165) is 13.1 Å². The smallest absolute Gasteiger partial charge is 0.334 e. The fourth-order valence-electron chi connectivity index (χ4n) is 2.78. The van der Waals surface area contributed by atoms with Gasteiger partial charge in [-0.25, -0.2) is 9.59 Å². The number of rotatable bonds is 3. The van der Waals surface area contributed by atoms with Gasteiger partial charge in [-0.15, -0.1) is 0 Å². The molecule has 2 rings (SSSR count). The number of aliphatic carboxylic acids is 1. The van der Waals surface area contributed by atoms with Crippen LogP contribution in [0.2, 0.25) is 0 Å². The topological polar surface area (TPSA) is 89.9 Å². The summed E-state index contributed by atoms with van der Waals surface area (Å²) in [5.74, 6) is -0.0844. The van der Waals surface area contributed by atoms with Crippen LogP contribution >= 0.6 is 0 Å². The zero-order chi connectivity index (χ0) is 12.4. The maximum atomic E-state index is 11.7. The molecule has 0 aromatic heterocycles. The van der Waals surface area contributed by atoms with Gasteiger partial charge in [0.25, 0.3) is 0 Å². The van der Waals surface area contributed by atoms with E-state index in [9.17, 15) is 9.59 Å². The Balaban J connectivity index is 1.76. The summed E-state index contributed by atoms with van der Waals surface area (Å²) in [6.45, 7) is 1.29. The van der Waals surface area contributed by atoms with Crippen molar-refractivity contribution in [2.24, 2.45) is 11.8 Å². The minimum atomic E-state index is -1.53. The van der Waals surface area contributed by atoms with Gasteiger partial charge in [-0.2, -0.15) is 0 Å². The molecule has 1 heterocycles. The average molecular weight is 242 g/mol. The highest BCUT2D eigenvalue weighted by atomic mass is 16.4. The number of carboxylic acid groups (broad SMARTS) is 1. The van der Waals surface area contributed by atoms with E-state index in [1.165, 1.54) is 19.3 Å². The minimum Gasteiger partial charge on any atom is -0.479 e. The third-order valence-electron chi connectivity index (χ3n) is 3.75. The van der Waals surface area contributed by atoms with Crippen molar-refractivity contribution in [3.8, 4) is 0 Å². The van der Waals surface area contributed by atoms with Gasteiger partial charge in [0.2, 0.25) is 0 Å². The maximum Gasteiger partial charge on any atom is 0.334 e. The molecule has 1 saturated heterocycles. The van der Waals surface area contributed by atoms with Crippen LogP contribution in [-0.4, -0.2) is 52.9 Å². The van der Waals surface area contributed by atoms with Crippen LogP contribution in [0.3, 0.4) is 0 Å². The van der Waals surface area contributed by atoms with Crippen molar-refractivity contribution in [2.75, 3.05) is 19.6 Å². The number of fused-ring (bicyclic) bond motifs is 1. The number of likely N-dealkylation sites (tertiary alicyclic amines) is 1. The van der Waals surface area contributed by atoms with E-state index in [1.807, 2.05) is 0 Å². The molecule has 17 heavy (non-hydrogen) atoms. The second-order valence-electron chi connectivity index (χ2n) is 4.90. The van der Waals surface area contributed by atoms with Crippen LogP contribution in [0.5, 0.6) is 0 Å². The van der Waals surface area contributed by atoms with Crippen LogP contribution < -0.4 is 5.32 Å². The highest BCUT2D eigenvalue weighted by Gasteiger charge is 2.38. The van der Waals surface area contributed by atoms with E-state index in [4.69, 9.17) is 10.2 Å². The number of amides is 2. The van der Waals surface area contributed by atoms with Crippen molar-refractivity contribution in [1.29, 1.82) is 0 Å². The van der Waals surface area contributed by atoms with Gasteiger partial charge in [0.05, 0.1) is 6.54 Å². The van der Waals surface area contributed by atoms with E-state index >= 15 is 0 Å². The zero-order valence-corrected chi connectivity index (χ0v) is 9.63. The van der Waals surface area contributed by atoms with Crippen molar-refractivity contribution < 1.29 is 19.8 Å². The van der Waals surface area contributed by atoms with Gasteiger partial charge < -0.3 is 20.4 Å². The lowest BCUT2D eigenvalue weighted by molar-refractivity contribution is -0.146. The van der Waals surface area contributed by atoms with Crippen molar-refractivity contribution in [3.05, 3.63) is 0 Å².